The highest BCUT2D eigenvalue weighted by molar-refractivity contribution is 8.01. The molecule has 1 fully saturated rings. The average molecular weight is 322 g/mol. The minimum Gasteiger partial charge on any atom is -0.313 e. The molecule has 0 bridgehead atoms. The Morgan fingerprint density at radius 2 is 1.95 bits per heavy atom. The summed E-state index contributed by atoms with van der Waals surface area (Å²) in [5.41, 5.74) is 0. The first-order chi connectivity index (χ1) is 9.46. The van der Waals surface area contributed by atoms with Crippen molar-refractivity contribution in [2.24, 2.45) is 5.92 Å². The largest absolute Gasteiger partial charge is 0.313 e. The Morgan fingerprint density at radius 1 is 1.20 bits per heavy atom. The first-order valence-electron chi connectivity index (χ1n) is 7.99. The average Bonchev–Trinajstić information content (AvgIpc) is 2.37. The quantitative estimate of drug-likeness (QED) is 0.709. The van der Waals surface area contributed by atoms with E-state index in [-0.39, 0.29) is 0 Å². The van der Waals surface area contributed by atoms with Crippen LogP contribution < -0.4 is 5.32 Å². The maximum atomic E-state index is 11.3. The van der Waals surface area contributed by atoms with Crippen LogP contribution in [0.15, 0.2) is 0 Å². The molecule has 1 saturated carbocycles. The lowest BCUT2D eigenvalue weighted by Gasteiger charge is -2.36. The van der Waals surface area contributed by atoms with E-state index in [0.717, 1.165) is 24.6 Å². The molecule has 0 radical (unpaired) electrons. The molecule has 0 aromatic heterocycles. The van der Waals surface area contributed by atoms with E-state index in [4.69, 9.17) is 0 Å². The molecule has 0 aliphatic heterocycles. The van der Waals surface area contributed by atoms with Crippen molar-refractivity contribution in [3.63, 3.8) is 0 Å². The molecule has 0 aromatic rings. The second-order valence-electron chi connectivity index (χ2n) is 6.07. The Balaban J connectivity index is 2.47. The van der Waals surface area contributed by atoms with Gasteiger partial charge in [0.2, 0.25) is 0 Å². The van der Waals surface area contributed by atoms with Crippen LogP contribution in [0.2, 0.25) is 0 Å². The third-order valence-corrected chi connectivity index (χ3v) is 6.63. The van der Waals surface area contributed by atoms with Crippen LogP contribution in [0.3, 0.4) is 0 Å². The van der Waals surface area contributed by atoms with Gasteiger partial charge in [0.05, 0.1) is 5.75 Å². The fourth-order valence-electron chi connectivity index (χ4n) is 2.98. The molecule has 1 aliphatic carbocycles. The monoisotopic (exact) mass is 321 g/mol. The Bertz CT molecular complexity index is 357. The highest BCUT2D eigenvalue weighted by Crippen LogP contribution is 2.34. The van der Waals surface area contributed by atoms with Gasteiger partial charge in [-0.25, -0.2) is 8.42 Å². The first-order valence-corrected chi connectivity index (χ1v) is 11.1. The highest BCUT2D eigenvalue weighted by atomic mass is 32.2. The van der Waals surface area contributed by atoms with E-state index < -0.39 is 9.84 Å². The number of sulfone groups is 1. The molecule has 3 atom stereocenters. The minimum absolute atomic E-state index is 0.313. The van der Waals surface area contributed by atoms with Crippen molar-refractivity contribution in [1.82, 2.24) is 5.32 Å². The van der Waals surface area contributed by atoms with Crippen molar-refractivity contribution in [2.75, 3.05) is 24.3 Å². The van der Waals surface area contributed by atoms with Gasteiger partial charge in [0.1, 0.15) is 9.84 Å². The predicted molar refractivity (Wildman–Crippen MR) is 90.3 cm³/mol. The molecule has 0 heterocycles. The molecule has 0 saturated heterocycles. The predicted octanol–water partition coefficient (Wildman–Crippen LogP) is 3.10. The topological polar surface area (TPSA) is 46.2 Å². The lowest BCUT2D eigenvalue weighted by Crippen LogP contribution is -2.43. The Morgan fingerprint density at radius 3 is 2.55 bits per heavy atom. The van der Waals surface area contributed by atoms with E-state index >= 15 is 0 Å². The number of nitrogens with one attached hydrogen (secondary N) is 1. The molecular formula is C15H31NO2S2. The second kappa shape index (κ2) is 9.31. The van der Waals surface area contributed by atoms with Gasteiger partial charge in [-0.1, -0.05) is 26.7 Å². The summed E-state index contributed by atoms with van der Waals surface area (Å²) in [6, 6.07) is 0.576. The van der Waals surface area contributed by atoms with E-state index in [2.05, 4.69) is 19.2 Å². The number of hydrogen-bond acceptors (Lipinski definition) is 4. The van der Waals surface area contributed by atoms with Gasteiger partial charge in [0.25, 0.3) is 0 Å². The summed E-state index contributed by atoms with van der Waals surface area (Å²) >= 11 is 1.87. The summed E-state index contributed by atoms with van der Waals surface area (Å²) in [5, 5.41) is 4.25. The van der Waals surface area contributed by atoms with E-state index in [0.29, 0.717) is 17.0 Å². The van der Waals surface area contributed by atoms with E-state index in [1.54, 1.807) is 0 Å². The van der Waals surface area contributed by atoms with Crippen molar-refractivity contribution in [1.29, 1.82) is 0 Å². The van der Waals surface area contributed by atoms with Crippen LogP contribution in [0.1, 0.15) is 52.4 Å². The van der Waals surface area contributed by atoms with Crippen LogP contribution in [0.4, 0.5) is 0 Å². The second-order valence-corrected chi connectivity index (χ2v) is 9.67. The molecule has 3 unspecified atom stereocenters. The molecule has 0 aromatic carbocycles. The summed E-state index contributed by atoms with van der Waals surface area (Å²) < 4.78 is 22.5. The number of hydrogen-bond donors (Lipinski definition) is 1. The molecule has 1 rings (SSSR count). The lowest BCUT2D eigenvalue weighted by molar-refractivity contribution is 0.287. The van der Waals surface area contributed by atoms with E-state index in [1.165, 1.54) is 38.4 Å². The maximum absolute atomic E-state index is 11.3. The Labute approximate surface area is 129 Å². The number of rotatable bonds is 9. The minimum atomic E-state index is -2.82. The van der Waals surface area contributed by atoms with Gasteiger partial charge in [-0.2, -0.15) is 11.8 Å². The number of thioether (sulfide) groups is 1. The van der Waals surface area contributed by atoms with Crippen molar-refractivity contribution in [3.8, 4) is 0 Å². The van der Waals surface area contributed by atoms with Gasteiger partial charge in [-0.15, -0.1) is 0 Å². The van der Waals surface area contributed by atoms with Gasteiger partial charge in [-0.05, 0) is 38.1 Å². The standard InChI is InChI=1S/C15H31NO2S2/c1-4-6-13-7-8-14(16-9-5-2)15(12-13)19-10-11-20(3,17)18/h13-16H,4-12H2,1-3H3. The van der Waals surface area contributed by atoms with Crippen LogP contribution in [-0.4, -0.2) is 44.0 Å². The third kappa shape index (κ3) is 7.32. The van der Waals surface area contributed by atoms with E-state index in [9.17, 15) is 8.42 Å². The molecule has 5 heteroatoms. The van der Waals surface area contributed by atoms with Crippen LogP contribution in [0, 0.1) is 5.92 Å². The van der Waals surface area contributed by atoms with Gasteiger partial charge >= 0.3 is 0 Å². The van der Waals surface area contributed by atoms with E-state index in [1.807, 2.05) is 11.8 Å². The summed E-state index contributed by atoms with van der Waals surface area (Å²) in [4.78, 5) is 0. The molecule has 120 valence electrons. The normalized spacial score (nSPS) is 27.6. The zero-order valence-electron chi connectivity index (χ0n) is 13.2. The van der Waals surface area contributed by atoms with Crippen molar-refractivity contribution >= 4 is 21.6 Å². The highest BCUT2D eigenvalue weighted by Gasteiger charge is 2.30. The summed E-state index contributed by atoms with van der Waals surface area (Å²) in [7, 11) is -2.82. The van der Waals surface area contributed by atoms with Crippen molar-refractivity contribution < 1.29 is 8.42 Å². The van der Waals surface area contributed by atoms with Gasteiger partial charge in [0.15, 0.2) is 0 Å². The maximum Gasteiger partial charge on any atom is 0.148 e. The van der Waals surface area contributed by atoms with Crippen LogP contribution in [0.5, 0.6) is 0 Å². The summed E-state index contributed by atoms with van der Waals surface area (Å²) in [6.45, 7) is 5.53. The zero-order valence-corrected chi connectivity index (χ0v) is 14.9. The molecule has 0 amide bonds. The van der Waals surface area contributed by atoms with Crippen LogP contribution >= 0.6 is 11.8 Å². The van der Waals surface area contributed by atoms with Gasteiger partial charge < -0.3 is 5.32 Å². The van der Waals surface area contributed by atoms with Crippen molar-refractivity contribution in [2.45, 2.75) is 63.7 Å². The molecule has 1 N–H and O–H groups in total. The fraction of sp³-hybridized carbons (Fsp3) is 1.00. The van der Waals surface area contributed by atoms with Crippen LogP contribution in [0.25, 0.3) is 0 Å². The smallest absolute Gasteiger partial charge is 0.148 e. The third-order valence-electron chi connectivity index (χ3n) is 4.04. The van der Waals surface area contributed by atoms with Crippen LogP contribution in [-0.2, 0) is 9.84 Å². The summed E-state index contributed by atoms with van der Waals surface area (Å²) in [5.74, 6) is 1.90. The molecule has 3 nitrogen and oxygen atoms in total. The Hall–Kier alpha value is 0.260. The van der Waals surface area contributed by atoms with Gasteiger partial charge in [0, 0.05) is 23.3 Å². The SMILES string of the molecule is CCCNC1CCC(CCC)CC1SCCS(C)(=O)=O. The molecule has 1 aliphatic rings. The molecular weight excluding hydrogens is 290 g/mol. The fourth-order valence-corrected chi connectivity index (χ4v) is 5.75. The lowest BCUT2D eigenvalue weighted by atomic mass is 9.83. The zero-order chi connectivity index (χ0) is 15.0. The molecule has 0 spiro atoms. The van der Waals surface area contributed by atoms with Gasteiger partial charge in [-0.3, -0.25) is 0 Å². The summed E-state index contributed by atoms with van der Waals surface area (Å²) in [6.07, 6.45) is 8.92. The van der Waals surface area contributed by atoms with Crippen molar-refractivity contribution in [3.05, 3.63) is 0 Å². The first kappa shape index (κ1) is 18.3. The molecule has 20 heavy (non-hydrogen) atoms. The Kier molecular flexibility index (Phi) is 8.53.